The van der Waals surface area contributed by atoms with Gasteiger partial charge in [-0.25, -0.2) is 9.78 Å². The zero-order valence-electron chi connectivity index (χ0n) is 13.0. The lowest BCUT2D eigenvalue weighted by atomic mass is 10.1. The Morgan fingerprint density at radius 1 is 1.44 bits per heavy atom. The number of ether oxygens (including phenoxy) is 1. The van der Waals surface area contributed by atoms with Crippen molar-refractivity contribution in [2.24, 2.45) is 0 Å². The second-order valence-electron chi connectivity index (χ2n) is 4.94. The Balaban J connectivity index is 1.95. The second kappa shape index (κ2) is 8.77. The predicted molar refractivity (Wildman–Crippen MR) is 96.7 cm³/mol. The van der Waals surface area contributed by atoms with Gasteiger partial charge in [0.2, 0.25) is 0 Å². The summed E-state index contributed by atoms with van der Waals surface area (Å²) in [4.78, 5) is 27.9. The van der Waals surface area contributed by atoms with Crippen LogP contribution in [-0.4, -0.2) is 23.3 Å². The molecule has 1 aromatic carbocycles. The molecule has 0 amide bonds. The number of rotatable bonds is 6. The quantitative estimate of drug-likeness (QED) is 0.541. The first-order valence-corrected chi connectivity index (χ1v) is 8.69. The van der Waals surface area contributed by atoms with Crippen molar-refractivity contribution in [3.05, 3.63) is 56.0 Å². The van der Waals surface area contributed by atoms with Crippen LogP contribution < -0.4 is 0 Å². The first-order valence-electron chi connectivity index (χ1n) is 7.05. The Bertz CT molecular complexity index is 871. The third-order valence-electron chi connectivity index (χ3n) is 3.07. The fraction of sp³-hybridized carbons (Fsp3) is 0.176. The highest BCUT2D eigenvalue weighted by Gasteiger charge is 2.24. The third-order valence-corrected chi connectivity index (χ3v) is 4.93. The number of nitrogens with zero attached hydrogens (tertiary/aromatic N) is 2. The average Bonchev–Trinajstić information content (AvgIpc) is 3.01. The molecule has 25 heavy (non-hydrogen) atoms. The predicted octanol–water partition coefficient (Wildman–Crippen LogP) is 4.19. The second-order valence-corrected chi connectivity index (χ2v) is 6.61. The van der Waals surface area contributed by atoms with Gasteiger partial charge in [0.1, 0.15) is 5.01 Å². The molecule has 2 aromatic rings. The van der Waals surface area contributed by atoms with Gasteiger partial charge in [-0.3, -0.25) is 4.79 Å². The highest BCUT2D eigenvalue weighted by molar-refractivity contribution is 7.09. The molecule has 0 saturated carbocycles. The molecule has 0 aliphatic rings. The van der Waals surface area contributed by atoms with E-state index in [1.807, 2.05) is 6.07 Å². The fourth-order valence-corrected chi connectivity index (χ4v) is 3.08. The van der Waals surface area contributed by atoms with Crippen molar-refractivity contribution in [3.63, 3.8) is 0 Å². The summed E-state index contributed by atoms with van der Waals surface area (Å²) in [5, 5.41) is 12.0. The maximum absolute atomic E-state index is 12.1. The highest BCUT2D eigenvalue weighted by Crippen LogP contribution is 2.26. The molecule has 0 fully saturated rings. The number of carbonyl (C=O) groups is 2. The molecule has 0 radical (unpaired) electrons. The number of benzene rings is 1. The van der Waals surface area contributed by atoms with Gasteiger partial charge in [0.15, 0.2) is 18.3 Å². The number of Topliss-reactive ketones (excluding diaryl/α,β-unsaturated/α-hetero) is 1. The van der Waals surface area contributed by atoms with Crippen LogP contribution >= 0.6 is 34.5 Å². The molecule has 8 heteroatoms. The number of thiazole rings is 1. The Labute approximate surface area is 158 Å². The van der Waals surface area contributed by atoms with Gasteiger partial charge in [-0.1, -0.05) is 35.3 Å². The Kier molecular flexibility index (Phi) is 6.71. The monoisotopic (exact) mass is 394 g/mol. The summed E-state index contributed by atoms with van der Waals surface area (Å²) in [5.41, 5.74) is 1.27. The first kappa shape index (κ1) is 19.1. The standard InChI is InChI=1S/C17H12Cl2N2O3S/c1-10-9-25-17(21-10)12(7-20)14(22)8-24-15(23)6-5-11-3-2-4-13(18)16(11)19/h2-6,9,12H,8H2,1H3/b6-5+/t12-/m1/s1. The minimum atomic E-state index is -1.04. The smallest absolute Gasteiger partial charge is 0.331 e. The van der Waals surface area contributed by atoms with Crippen molar-refractivity contribution < 1.29 is 14.3 Å². The van der Waals surface area contributed by atoms with Crippen molar-refractivity contribution in [2.75, 3.05) is 6.61 Å². The lowest BCUT2D eigenvalue weighted by Gasteiger charge is -2.05. The number of aromatic nitrogens is 1. The average molecular weight is 395 g/mol. The molecule has 0 N–H and O–H groups in total. The van der Waals surface area contributed by atoms with E-state index >= 15 is 0 Å². The van der Waals surface area contributed by atoms with Crippen molar-refractivity contribution in [1.82, 2.24) is 4.98 Å². The molecule has 0 aliphatic heterocycles. The number of aryl methyl sites for hydroxylation is 1. The van der Waals surface area contributed by atoms with Crippen molar-refractivity contribution in [2.45, 2.75) is 12.8 Å². The molecule has 0 saturated heterocycles. The number of carbonyl (C=O) groups excluding carboxylic acids is 2. The van der Waals surface area contributed by atoms with E-state index in [4.69, 9.17) is 33.2 Å². The number of halogens is 2. The lowest BCUT2D eigenvalue weighted by Crippen LogP contribution is -2.19. The summed E-state index contributed by atoms with van der Waals surface area (Å²) in [6.07, 6.45) is 2.58. The van der Waals surface area contributed by atoms with Crippen molar-refractivity contribution >= 4 is 52.4 Å². The van der Waals surface area contributed by atoms with E-state index < -0.39 is 24.3 Å². The van der Waals surface area contributed by atoms with Crippen LogP contribution in [0.2, 0.25) is 10.0 Å². The zero-order valence-corrected chi connectivity index (χ0v) is 15.4. The fourth-order valence-electron chi connectivity index (χ4n) is 1.85. The maximum atomic E-state index is 12.1. The lowest BCUT2D eigenvalue weighted by molar-refractivity contribution is -0.143. The van der Waals surface area contributed by atoms with Crippen LogP contribution in [0.3, 0.4) is 0 Å². The van der Waals surface area contributed by atoms with Crippen molar-refractivity contribution in [1.29, 1.82) is 5.26 Å². The minimum absolute atomic E-state index is 0.313. The summed E-state index contributed by atoms with van der Waals surface area (Å²) in [6, 6.07) is 6.88. The maximum Gasteiger partial charge on any atom is 0.331 e. The Hall–Kier alpha value is -2.20. The number of nitriles is 1. The molecular formula is C17H12Cl2N2O3S. The topological polar surface area (TPSA) is 80.0 Å². The molecule has 0 bridgehead atoms. The third kappa shape index (κ3) is 5.13. The zero-order chi connectivity index (χ0) is 18.4. The van der Waals surface area contributed by atoms with Gasteiger partial charge in [0, 0.05) is 17.2 Å². The number of esters is 1. The Morgan fingerprint density at radius 3 is 2.84 bits per heavy atom. The van der Waals surface area contributed by atoms with Gasteiger partial charge < -0.3 is 4.74 Å². The SMILES string of the molecule is Cc1csc([C@H](C#N)C(=O)COC(=O)/C=C/c2cccc(Cl)c2Cl)n1. The highest BCUT2D eigenvalue weighted by atomic mass is 35.5. The van der Waals surface area contributed by atoms with Gasteiger partial charge in [-0.15, -0.1) is 11.3 Å². The molecular weight excluding hydrogens is 383 g/mol. The summed E-state index contributed by atoms with van der Waals surface area (Å²) in [5.74, 6) is -2.30. The van der Waals surface area contributed by atoms with Crippen LogP contribution in [0.4, 0.5) is 0 Å². The van der Waals surface area contributed by atoms with Crippen LogP contribution in [0.15, 0.2) is 29.7 Å². The molecule has 1 aromatic heterocycles. The number of hydrogen-bond donors (Lipinski definition) is 0. The van der Waals surface area contributed by atoms with Crippen LogP contribution in [0, 0.1) is 18.3 Å². The van der Waals surface area contributed by atoms with E-state index in [0.29, 0.717) is 20.6 Å². The van der Waals surface area contributed by atoms with E-state index in [-0.39, 0.29) is 0 Å². The molecule has 1 heterocycles. The number of hydrogen-bond acceptors (Lipinski definition) is 6. The molecule has 0 aliphatic carbocycles. The van der Waals surface area contributed by atoms with E-state index in [0.717, 1.165) is 11.8 Å². The molecule has 0 spiro atoms. The molecule has 2 rings (SSSR count). The molecule has 0 unspecified atom stereocenters. The van der Waals surface area contributed by atoms with E-state index in [9.17, 15) is 9.59 Å². The van der Waals surface area contributed by atoms with Gasteiger partial charge in [0.25, 0.3) is 0 Å². The van der Waals surface area contributed by atoms with Crippen LogP contribution in [0.5, 0.6) is 0 Å². The summed E-state index contributed by atoms with van der Waals surface area (Å²) in [6.45, 7) is 1.26. The molecule has 1 atom stereocenters. The molecule has 5 nitrogen and oxygen atoms in total. The van der Waals surface area contributed by atoms with E-state index in [1.165, 1.54) is 17.4 Å². The van der Waals surface area contributed by atoms with Gasteiger partial charge in [-0.2, -0.15) is 5.26 Å². The van der Waals surface area contributed by atoms with Crippen LogP contribution in [0.1, 0.15) is 22.2 Å². The van der Waals surface area contributed by atoms with E-state index in [2.05, 4.69) is 4.98 Å². The van der Waals surface area contributed by atoms with Gasteiger partial charge in [0.05, 0.1) is 16.1 Å². The minimum Gasteiger partial charge on any atom is -0.454 e. The van der Waals surface area contributed by atoms with Gasteiger partial charge >= 0.3 is 5.97 Å². The Morgan fingerprint density at radius 2 is 2.20 bits per heavy atom. The summed E-state index contributed by atoms with van der Waals surface area (Å²) < 4.78 is 4.88. The van der Waals surface area contributed by atoms with Crippen LogP contribution in [0.25, 0.3) is 6.08 Å². The summed E-state index contributed by atoms with van der Waals surface area (Å²) in [7, 11) is 0. The number of ketones is 1. The van der Waals surface area contributed by atoms with Crippen molar-refractivity contribution in [3.8, 4) is 6.07 Å². The van der Waals surface area contributed by atoms with E-state index in [1.54, 1.807) is 30.5 Å². The first-order chi connectivity index (χ1) is 11.9. The normalized spacial score (nSPS) is 11.9. The van der Waals surface area contributed by atoms with Crippen LogP contribution in [-0.2, 0) is 14.3 Å². The summed E-state index contributed by atoms with van der Waals surface area (Å²) >= 11 is 13.1. The largest absolute Gasteiger partial charge is 0.454 e. The molecule has 128 valence electrons. The van der Waals surface area contributed by atoms with Gasteiger partial charge in [-0.05, 0) is 24.6 Å².